The number of sulfone groups is 1. The number of likely N-dealkylation sites (N-methyl/N-ethyl adjacent to an activating group) is 1. The molecule has 0 aliphatic heterocycles. The van der Waals surface area contributed by atoms with E-state index in [1.54, 1.807) is 25.1 Å². The van der Waals surface area contributed by atoms with Crippen molar-refractivity contribution in [2.75, 3.05) is 39.1 Å². The van der Waals surface area contributed by atoms with Gasteiger partial charge >= 0.3 is 0 Å². The molecule has 0 amide bonds. The van der Waals surface area contributed by atoms with Crippen molar-refractivity contribution < 1.29 is 18.3 Å². The van der Waals surface area contributed by atoms with Gasteiger partial charge in [0.1, 0.15) is 5.75 Å². The van der Waals surface area contributed by atoms with Gasteiger partial charge in [0.2, 0.25) is 0 Å². The van der Waals surface area contributed by atoms with Crippen molar-refractivity contribution in [2.24, 2.45) is 0 Å². The lowest BCUT2D eigenvalue weighted by molar-refractivity contribution is 0.207. The smallest absolute Gasteiger partial charge is 0.178 e. The van der Waals surface area contributed by atoms with Gasteiger partial charge in [-0.15, -0.1) is 0 Å². The fourth-order valence-corrected chi connectivity index (χ4v) is 4.23. The van der Waals surface area contributed by atoms with E-state index in [4.69, 9.17) is 9.84 Å². The van der Waals surface area contributed by atoms with Crippen molar-refractivity contribution in [1.82, 2.24) is 4.90 Å². The Hall–Kier alpha value is -1.16. The van der Waals surface area contributed by atoms with Crippen LogP contribution in [0.1, 0.15) is 13.3 Å². The molecule has 148 valence electrons. The minimum Gasteiger partial charge on any atom is -0.492 e. The molecule has 0 saturated carbocycles. The first-order valence-electron chi connectivity index (χ1n) is 8.92. The van der Waals surface area contributed by atoms with Gasteiger partial charge in [0.25, 0.3) is 0 Å². The lowest BCUT2D eigenvalue weighted by Gasteiger charge is -2.15. The minimum absolute atomic E-state index is 0.0915. The number of halogens is 1. The van der Waals surface area contributed by atoms with Gasteiger partial charge in [-0.1, -0.05) is 25.1 Å². The van der Waals surface area contributed by atoms with Crippen molar-refractivity contribution in [1.29, 1.82) is 0 Å². The molecule has 0 fully saturated rings. The van der Waals surface area contributed by atoms with Crippen LogP contribution in [0.2, 0.25) is 0 Å². The monoisotopic (exact) mass is 503 g/mol. The van der Waals surface area contributed by atoms with Gasteiger partial charge in [-0.2, -0.15) is 0 Å². The predicted octanol–water partition coefficient (Wildman–Crippen LogP) is 3.44. The Morgan fingerprint density at radius 2 is 1.85 bits per heavy atom. The maximum atomic E-state index is 12.1. The van der Waals surface area contributed by atoms with Gasteiger partial charge in [0.15, 0.2) is 9.84 Å². The summed E-state index contributed by atoms with van der Waals surface area (Å²) in [6.07, 6.45) is 0.880. The van der Waals surface area contributed by atoms with Crippen LogP contribution in [0.25, 0.3) is 11.1 Å². The Bertz CT molecular complexity index is 855. The zero-order valence-corrected chi connectivity index (χ0v) is 18.7. The number of aliphatic hydroxyl groups excluding tert-OH is 1. The van der Waals surface area contributed by atoms with Crippen LogP contribution in [0.5, 0.6) is 5.75 Å². The van der Waals surface area contributed by atoms with Gasteiger partial charge in [0, 0.05) is 13.1 Å². The van der Waals surface area contributed by atoms with E-state index in [2.05, 4.69) is 27.5 Å². The molecule has 0 atom stereocenters. The molecule has 0 unspecified atom stereocenters. The average molecular weight is 503 g/mol. The molecule has 0 saturated heterocycles. The van der Waals surface area contributed by atoms with Crippen LogP contribution < -0.4 is 4.74 Å². The molecule has 0 spiro atoms. The summed E-state index contributed by atoms with van der Waals surface area (Å²) in [5, 5.41) is 8.90. The van der Waals surface area contributed by atoms with E-state index in [9.17, 15) is 8.42 Å². The lowest BCUT2D eigenvalue weighted by atomic mass is 10.1. The zero-order valence-electron chi connectivity index (χ0n) is 15.7. The molecule has 2 rings (SSSR count). The highest BCUT2D eigenvalue weighted by atomic mass is 127. The number of aliphatic hydroxyl groups is 1. The third-order valence-corrected chi connectivity index (χ3v) is 6.84. The van der Waals surface area contributed by atoms with E-state index in [0.717, 1.165) is 33.4 Å². The van der Waals surface area contributed by atoms with E-state index >= 15 is 0 Å². The number of hydrogen-bond donors (Lipinski definition) is 1. The van der Waals surface area contributed by atoms with E-state index in [-0.39, 0.29) is 12.4 Å². The number of ether oxygens (including phenoxy) is 1. The van der Waals surface area contributed by atoms with Crippen LogP contribution in [0.4, 0.5) is 0 Å². The minimum atomic E-state index is -3.22. The molecule has 1 N–H and O–H groups in total. The summed E-state index contributed by atoms with van der Waals surface area (Å²) in [6, 6.07) is 12.9. The Morgan fingerprint density at radius 3 is 2.52 bits per heavy atom. The van der Waals surface area contributed by atoms with Crippen LogP contribution in [0, 0.1) is 3.57 Å². The highest BCUT2D eigenvalue weighted by Gasteiger charge is 2.13. The van der Waals surface area contributed by atoms with Crippen molar-refractivity contribution >= 4 is 32.4 Å². The molecule has 2 aromatic rings. The van der Waals surface area contributed by atoms with Gasteiger partial charge < -0.3 is 14.7 Å². The third-order valence-electron chi connectivity index (χ3n) is 4.26. The molecule has 0 aliphatic carbocycles. The summed E-state index contributed by atoms with van der Waals surface area (Å²) in [6.45, 7) is 3.96. The van der Waals surface area contributed by atoms with Gasteiger partial charge in [-0.05, 0) is 71.5 Å². The Balaban J connectivity index is 2.05. The first-order valence-corrected chi connectivity index (χ1v) is 11.7. The zero-order chi connectivity index (χ0) is 19.9. The molecule has 7 heteroatoms. The van der Waals surface area contributed by atoms with Crippen molar-refractivity contribution in [3.05, 3.63) is 46.0 Å². The molecular weight excluding hydrogens is 477 g/mol. The van der Waals surface area contributed by atoms with Crippen LogP contribution in [-0.2, 0) is 9.84 Å². The summed E-state index contributed by atoms with van der Waals surface area (Å²) in [5.74, 6) is 0.912. The molecule has 2 aromatic carbocycles. The summed E-state index contributed by atoms with van der Waals surface area (Å²) in [4.78, 5) is 2.42. The maximum Gasteiger partial charge on any atom is 0.178 e. The van der Waals surface area contributed by atoms with Gasteiger partial charge in [-0.25, -0.2) is 8.42 Å². The van der Waals surface area contributed by atoms with Crippen molar-refractivity contribution in [3.63, 3.8) is 0 Å². The normalized spacial score (nSPS) is 11.7. The van der Waals surface area contributed by atoms with Crippen LogP contribution >= 0.6 is 22.6 Å². The maximum absolute atomic E-state index is 12.1. The molecular formula is C20H26INO4S. The molecule has 0 radical (unpaired) electrons. The Kier molecular flexibility index (Phi) is 8.53. The van der Waals surface area contributed by atoms with E-state index in [1.165, 1.54) is 0 Å². The topological polar surface area (TPSA) is 66.8 Å². The summed E-state index contributed by atoms with van der Waals surface area (Å²) < 4.78 is 31.0. The predicted molar refractivity (Wildman–Crippen MR) is 117 cm³/mol. The van der Waals surface area contributed by atoms with E-state index in [0.29, 0.717) is 18.0 Å². The standard InChI is InChI=1S/C20H26INO4S/c1-3-27(24,25)18-7-4-6-16(14-18)17-8-9-20(19(21)15-17)26-13-5-10-22(2)11-12-23/h4,6-9,14-15,23H,3,5,10-13H2,1-2H3. The Labute approximate surface area is 175 Å². The summed E-state index contributed by atoms with van der Waals surface area (Å²) in [7, 11) is -1.25. The second-order valence-electron chi connectivity index (χ2n) is 6.31. The van der Waals surface area contributed by atoms with Gasteiger partial charge in [-0.3, -0.25) is 0 Å². The molecule has 0 bridgehead atoms. The molecule has 0 aromatic heterocycles. The molecule has 0 aliphatic rings. The fraction of sp³-hybridized carbons (Fsp3) is 0.400. The van der Waals surface area contributed by atoms with Gasteiger partial charge in [0.05, 0.1) is 27.4 Å². The van der Waals surface area contributed by atoms with E-state index < -0.39 is 9.84 Å². The third kappa shape index (κ3) is 6.44. The molecule has 27 heavy (non-hydrogen) atoms. The van der Waals surface area contributed by atoms with Crippen LogP contribution in [-0.4, -0.2) is 57.5 Å². The molecule has 0 heterocycles. The quantitative estimate of drug-likeness (QED) is 0.398. The molecule has 5 nitrogen and oxygen atoms in total. The second-order valence-corrected chi connectivity index (χ2v) is 9.75. The second kappa shape index (κ2) is 10.4. The van der Waals surface area contributed by atoms with Crippen LogP contribution in [0.3, 0.4) is 0 Å². The SMILES string of the molecule is CCS(=O)(=O)c1cccc(-c2ccc(OCCCN(C)CCO)c(I)c2)c1. The summed E-state index contributed by atoms with van der Waals surface area (Å²) >= 11 is 2.24. The van der Waals surface area contributed by atoms with E-state index in [1.807, 2.05) is 31.3 Å². The largest absolute Gasteiger partial charge is 0.492 e. The number of nitrogens with zero attached hydrogens (tertiary/aromatic N) is 1. The number of benzene rings is 2. The average Bonchev–Trinajstić information content (AvgIpc) is 2.66. The highest BCUT2D eigenvalue weighted by Crippen LogP contribution is 2.29. The van der Waals surface area contributed by atoms with Crippen LogP contribution in [0.15, 0.2) is 47.4 Å². The first-order chi connectivity index (χ1) is 12.9. The fourth-order valence-electron chi connectivity index (χ4n) is 2.63. The van der Waals surface area contributed by atoms with Crippen molar-refractivity contribution in [3.8, 4) is 16.9 Å². The highest BCUT2D eigenvalue weighted by molar-refractivity contribution is 14.1. The lowest BCUT2D eigenvalue weighted by Crippen LogP contribution is -2.24. The number of hydrogen-bond acceptors (Lipinski definition) is 5. The van der Waals surface area contributed by atoms with Crippen molar-refractivity contribution in [2.45, 2.75) is 18.2 Å². The first kappa shape index (κ1) is 22.1. The number of rotatable bonds is 10. The Morgan fingerprint density at radius 1 is 1.11 bits per heavy atom. The summed E-state index contributed by atoms with van der Waals surface area (Å²) in [5.41, 5.74) is 1.84.